The average Bonchev–Trinajstić information content (AvgIpc) is 2.67. The van der Waals surface area contributed by atoms with Crippen molar-refractivity contribution >= 4 is 23.3 Å². The van der Waals surface area contributed by atoms with Crippen molar-refractivity contribution in [2.45, 2.75) is 38.4 Å². The summed E-state index contributed by atoms with van der Waals surface area (Å²) in [7, 11) is 0. The third-order valence-electron chi connectivity index (χ3n) is 5.34. The Morgan fingerprint density at radius 2 is 1.74 bits per heavy atom. The molecule has 0 radical (unpaired) electrons. The molecule has 1 amide bonds. The number of pyridine rings is 1. The van der Waals surface area contributed by atoms with E-state index in [0.29, 0.717) is 32.0 Å². The number of nitrogens with zero attached hydrogens (tertiary/aromatic N) is 4. The van der Waals surface area contributed by atoms with E-state index >= 15 is 0 Å². The third kappa shape index (κ3) is 4.66. The van der Waals surface area contributed by atoms with Gasteiger partial charge in [0.05, 0.1) is 16.6 Å². The first-order valence-corrected chi connectivity index (χ1v) is 9.65. The van der Waals surface area contributed by atoms with Gasteiger partial charge < -0.3 is 9.80 Å². The van der Waals surface area contributed by atoms with Gasteiger partial charge in [-0.1, -0.05) is 11.6 Å². The van der Waals surface area contributed by atoms with Crippen LogP contribution in [0.3, 0.4) is 0 Å². The lowest BCUT2D eigenvalue weighted by Crippen LogP contribution is -2.55. The summed E-state index contributed by atoms with van der Waals surface area (Å²) in [5.74, 6) is 0.521. The van der Waals surface area contributed by atoms with Crippen LogP contribution in [0, 0.1) is 0 Å². The van der Waals surface area contributed by atoms with Crippen molar-refractivity contribution in [3.05, 3.63) is 22.8 Å². The third-order valence-corrected chi connectivity index (χ3v) is 5.61. The number of likely N-dealkylation sites (tertiary alicyclic amines) is 1. The van der Waals surface area contributed by atoms with Crippen molar-refractivity contribution in [2.24, 2.45) is 0 Å². The highest BCUT2D eigenvalue weighted by molar-refractivity contribution is 6.33. The Labute approximate surface area is 162 Å². The topological polar surface area (TPSA) is 39.7 Å². The quantitative estimate of drug-likeness (QED) is 0.775. The van der Waals surface area contributed by atoms with Crippen molar-refractivity contribution in [3.8, 4) is 0 Å². The second-order valence-electron chi connectivity index (χ2n) is 7.11. The van der Waals surface area contributed by atoms with Crippen molar-refractivity contribution < 1.29 is 18.0 Å². The van der Waals surface area contributed by atoms with Crippen LogP contribution in [0.5, 0.6) is 0 Å². The highest BCUT2D eigenvalue weighted by atomic mass is 35.5. The number of amides is 1. The highest BCUT2D eigenvalue weighted by Crippen LogP contribution is 2.33. The Hall–Kier alpha value is -1.54. The van der Waals surface area contributed by atoms with Crippen LogP contribution < -0.4 is 4.90 Å². The number of hydrogen-bond donors (Lipinski definition) is 0. The largest absolute Gasteiger partial charge is 0.417 e. The first-order valence-electron chi connectivity index (χ1n) is 9.28. The maximum absolute atomic E-state index is 12.8. The summed E-state index contributed by atoms with van der Waals surface area (Å²) in [4.78, 5) is 22.5. The number of hydrogen-bond acceptors (Lipinski definition) is 4. The molecule has 3 rings (SSSR count). The Morgan fingerprint density at radius 3 is 2.30 bits per heavy atom. The number of rotatable bonds is 3. The molecular formula is C18H24ClF3N4O. The number of halogens is 4. The number of aromatic nitrogens is 1. The standard InChI is InChI=1S/C18H24ClF3N4O/c1-13(17(27)26-5-3-2-4-6-26)24-7-9-25(10-8-24)16-15(19)11-14(12-23-16)18(20,21)22/h11-13H,2-10H2,1H3/t13-/m1/s1. The monoisotopic (exact) mass is 404 g/mol. The number of alkyl halides is 3. The molecule has 0 bridgehead atoms. The summed E-state index contributed by atoms with van der Waals surface area (Å²) in [6.45, 7) is 5.99. The molecular weight excluding hydrogens is 381 g/mol. The number of piperazine rings is 1. The fourth-order valence-electron chi connectivity index (χ4n) is 3.67. The van der Waals surface area contributed by atoms with Gasteiger partial charge in [0.1, 0.15) is 5.82 Å². The lowest BCUT2D eigenvalue weighted by molar-refractivity contribution is -0.138. The van der Waals surface area contributed by atoms with Crippen LogP contribution in [-0.2, 0) is 11.0 Å². The van der Waals surface area contributed by atoms with Crippen molar-refractivity contribution in [3.63, 3.8) is 0 Å². The van der Waals surface area contributed by atoms with Gasteiger partial charge in [0.15, 0.2) is 0 Å². The van der Waals surface area contributed by atoms with Crippen LogP contribution >= 0.6 is 11.6 Å². The zero-order chi connectivity index (χ0) is 19.6. The van der Waals surface area contributed by atoms with Crippen molar-refractivity contribution in [1.82, 2.24) is 14.8 Å². The van der Waals surface area contributed by atoms with Crippen LogP contribution in [0.25, 0.3) is 0 Å². The Bertz CT molecular complexity index is 671. The molecule has 0 spiro atoms. The second kappa shape index (κ2) is 8.22. The number of piperidine rings is 1. The molecule has 150 valence electrons. The summed E-state index contributed by atoms with van der Waals surface area (Å²) < 4.78 is 38.3. The van der Waals surface area contributed by atoms with Gasteiger partial charge in [0.25, 0.3) is 0 Å². The maximum Gasteiger partial charge on any atom is 0.417 e. The zero-order valence-electron chi connectivity index (χ0n) is 15.3. The summed E-state index contributed by atoms with van der Waals surface area (Å²) in [5.41, 5.74) is -0.851. The number of anilines is 1. The number of carbonyl (C=O) groups excluding carboxylic acids is 1. The van der Waals surface area contributed by atoms with Gasteiger partial charge in [-0.25, -0.2) is 4.98 Å². The van der Waals surface area contributed by atoms with E-state index in [1.165, 1.54) is 6.42 Å². The average molecular weight is 405 g/mol. The molecule has 0 saturated carbocycles. The van der Waals surface area contributed by atoms with Crippen LogP contribution in [0.4, 0.5) is 19.0 Å². The summed E-state index contributed by atoms with van der Waals surface area (Å²) in [6.07, 6.45) is -0.347. The summed E-state index contributed by atoms with van der Waals surface area (Å²) in [5, 5.41) is -0.00397. The molecule has 2 fully saturated rings. The van der Waals surface area contributed by atoms with Gasteiger partial charge >= 0.3 is 6.18 Å². The summed E-state index contributed by atoms with van der Waals surface area (Å²) in [6, 6.07) is 0.722. The molecule has 0 aromatic carbocycles. The van der Waals surface area contributed by atoms with Crippen LogP contribution in [-0.4, -0.2) is 66.0 Å². The minimum Gasteiger partial charge on any atom is -0.353 e. The summed E-state index contributed by atoms with van der Waals surface area (Å²) >= 11 is 6.04. The predicted molar refractivity (Wildman–Crippen MR) is 97.9 cm³/mol. The van der Waals surface area contributed by atoms with Gasteiger partial charge in [-0.05, 0) is 32.3 Å². The SMILES string of the molecule is C[C@H](C(=O)N1CCCCC1)N1CCN(c2ncc(C(F)(F)F)cc2Cl)CC1. The molecule has 0 aliphatic carbocycles. The van der Waals surface area contributed by atoms with Gasteiger partial charge in [0, 0.05) is 45.5 Å². The predicted octanol–water partition coefficient (Wildman–Crippen LogP) is 3.28. The highest BCUT2D eigenvalue weighted by Gasteiger charge is 2.33. The second-order valence-corrected chi connectivity index (χ2v) is 7.52. The van der Waals surface area contributed by atoms with Gasteiger partial charge in [-0.15, -0.1) is 0 Å². The van der Waals surface area contributed by atoms with E-state index in [9.17, 15) is 18.0 Å². The van der Waals surface area contributed by atoms with Crippen LogP contribution in [0.1, 0.15) is 31.7 Å². The fraction of sp³-hybridized carbons (Fsp3) is 0.667. The van der Waals surface area contributed by atoms with Crippen LogP contribution in [0.15, 0.2) is 12.3 Å². The first-order chi connectivity index (χ1) is 12.8. The van der Waals surface area contributed by atoms with Crippen LogP contribution in [0.2, 0.25) is 5.02 Å². The lowest BCUT2D eigenvalue weighted by atomic mass is 10.1. The minimum absolute atomic E-state index is 0.00397. The smallest absolute Gasteiger partial charge is 0.353 e. The molecule has 1 aromatic heterocycles. The zero-order valence-corrected chi connectivity index (χ0v) is 16.1. The molecule has 1 atom stereocenters. The van der Waals surface area contributed by atoms with E-state index in [1.54, 1.807) is 0 Å². The molecule has 3 heterocycles. The van der Waals surface area contributed by atoms with E-state index in [-0.39, 0.29) is 17.0 Å². The first kappa shape index (κ1) is 20.2. The minimum atomic E-state index is -4.46. The molecule has 2 saturated heterocycles. The van der Waals surface area contributed by atoms with E-state index in [1.807, 2.05) is 16.7 Å². The molecule has 9 heteroatoms. The van der Waals surface area contributed by atoms with Crippen molar-refractivity contribution in [1.29, 1.82) is 0 Å². The maximum atomic E-state index is 12.8. The van der Waals surface area contributed by atoms with Gasteiger partial charge in [-0.3, -0.25) is 9.69 Å². The lowest BCUT2D eigenvalue weighted by Gasteiger charge is -2.40. The Balaban J connectivity index is 1.59. The number of carbonyl (C=O) groups is 1. The normalized spacial score (nSPS) is 20.6. The molecule has 1 aromatic rings. The molecule has 2 aliphatic rings. The Morgan fingerprint density at radius 1 is 1.11 bits per heavy atom. The molecule has 0 N–H and O–H groups in total. The van der Waals surface area contributed by atoms with Gasteiger partial charge in [-0.2, -0.15) is 13.2 Å². The van der Waals surface area contributed by atoms with E-state index in [2.05, 4.69) is 9.88 Å². The van der Waals surface area contributed by atoms with Gasteiger partial charge in [0.2, 0.25) is 5.91 Å². The van der Waals surface area contributed by atoms with E-state index in [0.717, 1.165) is 38.2 Å². The molecule has 0 unspecified atom stereocenters. The molecule has 5 nitrogen and oxygen atoms in total. The van der Waals surface area contributed by atoms with E-state index in [4.69, 9.17) is 11.6 Å². The Kier molecular flexibility index (Phi) is 6.15. The molecule has 2 aliphatic heterocycles. The van der Waals surface area contributed by atoms with Crippen molar-refractivity contribution in [2.75, 3.05) is 44.2 Å². The molecule has 27 heavy (non-hydrogen) atoms. The van der Waals surface area contributed by atoms with E-state index < -0.39 is 11.7 Å². The fourth-order valence-corrected chi connectivity index (χ4v) is 3.96.